The highest BCUT2D eigenvalue weighted by molar-refractivity contribution is 5.77. The Bertz CT molecular complexity index is 973. The molecular formula is C25H28N2O4. The highest BCUT2D eigenvalue weighted by Crippen LogP contribution is 2.28. The van der Waals surface area contributed by atoms with Gasteiger partial charge in [0, 0.05) is 18.9 Å². The molecule has 0 unspecified atom stereocenters. The highest BCUT2D eigenvalue weighted by Gasteiger charge is 2.09. The Morgan fingerprint density at radius 1 is 0.935 bits per heavy atom. The average Bonchev–Trinajstić information content (AvgIpc) is 2.81. The van der Waals surface area contributed by atoms with E-state index in [0.717, 1.165) is 11.1 Å². The van der Waals surface area contributed by atoms with Crippen molar-refractivity contribution in [3.63, 3.8) is 0 Å². The summed E-state index contributed by atoms with van der Waals surface area (Å²) in [5, 5.41) is 2.86. The molecule has 1 heterocycles. The van der Waals surface area contributed by atoms with Crippen molar-refractivity contribution in [3.05, 3.63) is 83.7 Å². The Morgan fingerprint density at radius 2 is 1.68 bits per heavy atom. The number of nitrogens with one attached hydrogen (secondary N) is 1. The van der Waals surface area contributed by atoms with E-state index >= 15 is 0 Å². The zero-order valence-electron chi connectivity index (χ0n) is 18.1. The van der Waals surface area contributed by atoms with Crippen LogP contribution in [0.4, 0.5) is 0 Å². The number of hydrogen-bond donors (Lipinski definition) is 1. The third-order valence-corrected chi connectivity index (χ3v) is 4.78. The molecule has 0 atom stereocenters. The molecule has 0 aliphatic rings. The number of benzene rings is 2. The van der Waals surface area contributed by atoms with Gasteiger partial charge >= 0.3 is 0 Å². The Balaban J connectivity index is 1.48. The molecule has 3 aromatic rings. The van der Waals surface area contributed by atoms with Crippen molar-refractivity contribution in [1.29, 1.82) is 0 Å². The standard InChI is InChI=1S/C25H28N2O4/c1-18(2)21-5-7-22(8-6-21)30-17-25(28)27-15-20-4-9-23(24(14-20)29-3)31-16-19-10-12-26-13-11-19/h4-14,18H,15-17H2,1-3H3,(H,27,28). The number of amides is 1. The molecule has 3 rings (SSSR count). The third-order valence-electron chi connectivity index (χ3n) is 4.78. The van der Waals surface area contributed by atoms with E-state index in [2.05, 4.69) is 24.1 Å². The molecule has 0 saturated carbocycles. The van der Waals surface area contributed by atoms with Crippen LogP contribution in [0.15, 0.2) is 67.0 Å². The molecule has 6 heteroatoms. The van der Waals surface area contributed by atoms with Crippen LogP contribution in [0.1, 0.15) is 36.5 Å². The van der Waals surface area contributed by atoms with Crippen molar-refractivity contribution in [2.24, 2.45) is 0 Å². The number of carbonyl (C=O) groups is 1. The zero-order valence-corrected chi connectivity index (χ0v) is 18.1. The highest BCUT2D eigenvalue weighted by atomic mass is 16.5. The van der Waals surface area contributed by atoms with Crippen LogP contribution >= 0.6 is 0 Å². The van der Waals surface area contributed by atoms with Gasteiger partial charge in [-0.15, -0.1) is 0 Å². The molecule has 1 aromatic heterocycles. The number of aromatic nitrogens is 1. The fraction of sp³-hybridized carbons (Fsp3) is 0.280. The van der Waals surface area contributed by atoms with Gasteiger partial charge in [-0.1, -0.05) is 32.0 Å². The Labute approximate surface area is 183 Å². The summed E-state index contributed by atoms with van der Waals surface area (Å²) >= 11 is 0. The molecule has 0 saturated heterocycles. The van der Waals surface area contributed by atoms with Gasteiger partial charge in [0.05, 0.1) is 7.11 Å². The van der Waals surface area contributed by atoms with Crippen LogP contribution in [0.5, 0.6) is 17.2 Å². The smallest absolute Gasteiger partial charge is 0.258 e. The maximum atomic E-state index is 12.1. The van der Waals surface area contributed by atoms with E-state index in [9.17, 15) is 4.79 Å². The molecule has 0 bridgehead atoms. The average molecular weight is 421 g/mol. The quantitative estimate of drug-likeness (QED) is 0.523. The topological polar surface area (TPSA) is 69.7 Å². The first-order chi connectivity index (χ1) is 15.0. The van der Waals surface area contributed by atoms with Crippen LogP contribution < -0.4 is 19.5 Å². The molecule has 31 heavy (non-hydrogen) atoms. The minimum Gasteiger partial charge on any atom is -0.493 e. The summed E-state index contributed by atoms with van der Waals surface area (Å²) < 4.78 is 16.9. The first kappa shape index (κ1) is 22.2. The number of hydrogen-bond acceptors (Lipinski definition) is 5. The van der Waals surface area contributed by atoms with Gasteiger partial charge in [0.15, 0.2) is 18.1 Å². The molecule has 0 spiro atoms. The second kappa shape index (κ2) is 11.0. The summed E-state index contributed by atoms with van der Waals surface area (Å²) in [6.45, 7) is 5.03. The van der Waals surface area contributed by atoms with E-state index in [1.54, 1.807) is 19.5 Å². The second-order valence-corrected chi connectivity index (χ2v) is 7.42. The van der Waals surface area contributed by atoms with Gasteiger partial charge in [-0.05, 0) is 59.0 Å². The van der Waals surface area contributed by atoms with Gasteiger partial charge in [0.25, 0.3) is 5.91 Å². The van der Waals surface area contributed by atoms with Crippen molar-refractivity contribution in [2.45, 2.75) is 32.9 Å². The molecule has 0 radical (unpaired) electrons. The maximum Gasteiger partial charge on any atom is 0.258 e. The van der Waals surface area contributed by atoms with Crippen molar-refractivity contribution in [3.8, 4) is 17.2 Å². The summed E-state index contributed by atoms with van der Waals surface area (Å²) in [7, 11) is 1.59. The zero-order chi connectivity index (χ0) is 22.1. The summed E-state index contributed by atoms with van der Waals surface area (Å²) in [5.41, 5.74) is 3.16. The lowest BCUT2D eigenvalue weighted by Crippen LogP contribution is -2.28. The number of nitrogens with zero attached hydrogens (tertiary/aromatic N) is 1. The Kier molecular flexibility index (Phi) is 7.87. The predicted molar refractivity (Wildman–Crippen MR) is 119 cm³/mol. The molecule has 1 amide bonds. The second-order valence-electron chi connectivity index (χ2n) is 7.42. The summed E-state index contributed by atoms with van der Waals surface area (Å²) in [6.07, 6.45) is 3.46. The maximum absolute atomic E-state index is 12.1. The van der Waals surface area contributed by atoms with Gasteiger partial charge in [-0.25, -0.2) is 0 Å². The molecule has 6 nitrogen and oxygen atoms in total. The molecule has 2 aromatic carbocycles. The lowest BCUT2D eigenvalue weighted by Gasteiger charge is -2.13. The molecule has 162 valence electrons. The van der Waals surface area contributed by atoms with Crippen molar-refractivity contribution in [1.82, 2.24) is 10.3 Å². The summed E-state index contributed by atoms with van der Waals surface area (Å²) in [5.74, 6) is 2.20. The molecule has 1 N–H and O–H groups in total. The van der Waals surface area contributed by atoms with Gasteiger partial charge in [-0.3, -0.25) is 9.78 Å². The lowest BCUT2D eigenvalue weighted by atomic mass is 10.0. The number of methoxy groups -OCH3 is 1. The van der Waals surface area contributed by atoms with Gasteiger partial charge in [0.1, 0.15) is 12.4 Å². The van der Waals surface area contributed by atoms with Crippen LogP contribution in [-0.4, -0.2) is 24.6 Å². The third kappa shape index (κ3) is 6.74. The van der Waals surface area contributed by atoms with E-state index < -0.39 is 0 Å². The van der Waals surface area contributed by atoms with E-state index in [1.807, 2.05) is 54.6 Å². The minimum absolute atomic E-state index is 0.0364. The van der Waals surface area contributed by atoms with Crippen LogP contribution in [0, 0.1) is 0 Å². The van der Waals surface area contributed by atoms with Crippen LogP contribution in [-0.2, 0) is 17.9 Å². The summed E-state index contributed by atoms with van der Waals surface area (Å²) in [4.78, 5) is 16.1. The van der Waals surface area contributed by atoms with Crippen molar-refractivity contribution < 1.29 is 19.0 Å². The number of carbonyl (C=O) groups excluding carboxylic acids is 1. The first-order valence-electron chi connectivity index (χ1n) is 10.2. The van der Waals surface area contributed by atoms with E-state index in [-0.39, 0.29) is 12.5 Å². The number of rotatable bonds is 10. The largest absolute Gasteiger partial charge is 0.493 e. The van der Waals surface area contributed by atoms with E-state index in [1.165, 1.54) is 5.56 Å². The SMILES string of the molecule is COc1cc(CNC(=O)COc2ccc(C(C)C)cc2)ccc1OCc1ccncc1. The van der Waals surface area contributed by atoms with Gasteiger partial charge in [0.2, 0.25) is 0 Å². The monoisotopic (exact) mass is 420 g/mol. The molecule has 0 aliphatic heterocycles. The van der Waals surface area contributed by atoms with Gasteiger partial charge in [-0.2, -0.15) is 0 Å². The Morgan fingerprint density at radius 3 is 2.35 bits per heavy atom. The van der Waals surface area contributed by atoms with E-state index in [0.29, 0.717) is 36.3 Å². The van der Waals surface area contributed by atoms with Crippen LogP contribution in [0.2, 0.25) is 0 Å². The lowest BCUT2D eigenvalue weighted by molar-refractivity contribution is -0.123. The van der Waals surface area contributed by atoms with Crippen molar-refractivity contribution in [2.75, 3.05) is 13.7 Å². The van der Waals surface area contributed by atoms with E-state index in [4.69, 9.17) is 14.2 Å². The predicted octanol–water partition coefficient (Wildman–Crippen LogP) is 4.49. The fourth-order valence-corrected chi connectivity index (χ4v) is 2.93. The fourth-order valence-electron chi connectivity index (χ4n) is 2.93. The van der Waals surface area contributed by atoms with Gasteiger partial charge < -0.3 is 19.5 Å². The number of pyridine rings is 1. The normalized spacial score (nSPS) is 10.6. The Hall–Kier alpha value is -3.54. The van der Waals surface area contributed by atoms with Crippen LogP contribution in [0.25, 0.3) is 0 Å². The minimum atomic E-state index is -0.190. The molecular weight excluding hydrogens is 392 g/mol. The first-order valence-corrected chi connectivity index (χ1v) is 10.2. The molecule has 0 fully saturated rings. The van der Waals surface area contributed by atoms with Crippen LogP contribution in [0.3, 0.4) is 0 Å². The summed E-state index contributed by atoms with van der Waals surface area (Å²) in [6, 6.07) is 17.2. The molecule has 0 aliphatic carbocycles. The number of ether oxygens (including phenoxy) is 3. The van der Waals surface area contributed by atoms with Crippen molar-refractivity contribution >= 4 is 5.91 Å².